The second kappa shape index (κ2) is 11.4. The zero-order chi connectivity index (χ0) is 25.7. The molecule has 0 fully saturated rings. The fourth-order valence-electron chi connectivity index (χ4n) is 3.57. The van der Waals surface area contributed by atoms with Crippen LogP contribution in [0.1, 0.15) is 10.4 Å². The van der Waals surface area contributed by atoms with Crippen molar-refractivity contribution >= 4 is 52.6 Å². The van der Waals surface area contributed by atoms with Crippen molar-refractivity contribution in [3.63, 3.8) is 0 Å². The van der Waals surface area contributed by atoms with Crippen LogP contribution in [0, 0.1) is 0 Å². The summed E-state index contributed by atoms with van der Waals surface area (Å²) in [5, 5.41) is 4.27. The molecule has 1 N–H and O–H groups in total. The molecule has 0 saturated carbocycles. The topological polar surface area (TPSA) is 67.2 Å². The van der Waals surface area contributed by atoms with Gasteiger partial charge >= 0.3 is 0 Å². The number of imidazole rings is 1. The first-order chi connectivity index (χ1) is 17.4. The summed E-state index contributed by atoms with van der Waals surface area (Å²) < 4.78 is 1.72. The van der Waals surface area contributed by atoms with Crippen LogP contribution in [-0.2, 0) is 4.79 Å². The maximum atomic E-state index is 13.1. The van der Waals surface area contributed by atoms with Crippen LogP contribution < -0.4 is 5.32 Å². The molecule has 1 heterocycles. The first-order valence-electron chi connectivity index (χ1n) is 10.9. The van der Waals surface area contributed by atoms with Crippen molar-refractivity contribution in [3.8, 4) is 16.9 Å². The Morgan fingerprint density at radius 1 is 0.972 bits per heavy atom. The minimum Gasteiger partial charge on any atom is -0.326 e. The van der Waals surface area contributed by atoms with E-state index in [9.17, 15) is 9.59 Å². The van der Waals surface area contributed by atoms with Gasteiger partial charge in [0, 0.05) is 34.0 Å². The Morgan fingerprint density at radius 3 is 2.42 bits per heavy atom. The summed E-state index contributed by atoms with van der Waals surface area (Å²) in [5.74, 6) is -0.541. The van der Waals surface area contributed by atoms with E-state index < -0.39 is 5.91 Å². The molecular formula is C27H21Cl3N4O2. The molecule has 0 radical (unpaired) electrons. The number of carbonyl (C=O) groups excluding carboxylic acids is 2. The standard InChI is InChI=1S/C27H21Cl3N4O2/c1-2-14-33(26(36)22-8-3-4-9-23(22)30)17-25(35)32-27-31-24(18-10-12-19(28)13-11-18)16-34(27)21-7-5-6-20(29)15-21/h2-13,15-16H,1,14,17H2,(H,31,32,35). The van der Waals surface area contributed by atoms with Crippen molar-refractivity contribution in [2.45, 2.75) is 0 Å². The summed E-state index contributed by atoms with van der Waals surface area (Å²) in [6, 6.07) is 21.1. The highest BCUT2D eigenvalue weighted by atomic mass is 35.5. The monoisotopic (exact) mass is 538 g/mol. The van der Waals surface area contributed by atoms with Crippen LogP contribution in [-0.4, -0.2) is 39.4 Å². The summed E-state index contributed by atoms with van der Waals surface area (Å²) >= 11 is 18.4. The number of rotatable bonds is 8. The van der Waals surface area contributed by atoms with E-state index in [1.54, 1.807) is 71.4 Å². The Labute approximate surface area is 223 Å². The number of nitrogens with one attached hydrogen (secondary N) is 1. The summed E-state index contributed by atoms with van der Waals surface area (Å²) in [6.07, 6.45) is 3.34. The number of hydrogen-bond acceptors (Lipinski definition) is 3. The van der Waals surface area contributed by atoms with Gasteiger partial charge in [-0.15, -0.1) is 6.58 Å². The number of hydrogen-bond donors (Lipinski definition) is 1. The molecule has 9 heteroatoms. The van der Waals surface area contributed by atoms with E-state index in [0.29, 0.717) is 32.0 Å². The number of amides is 2. The van der Waals surface area contributed by atoms with Crippen molar-refractivity contribution < 1.29 is 9.59 Å². The van der Waals surface area contributed by atoms with Gasteiger partial charge in [0.2, 0.25) is 11.9 Å². The van der Waals surface area contributed by atoms with Crippen LogP contribution in [0.5, 0.6) is 0 Å². The van der Waals surface area contributed by atoms with E-state index in [4.69, 9.17) is 34.8 Å². The lowest BCUT2D eigenvalue weighted by molar-refractivity contribution is -0.116. The molecule has 0 atom stereocenters. The lowest BCUT2D eigenvalue weighted by Gasteiger charge is -2.21. The van der Waals surface area contributed by atoms with E-state index >= 15 is 0 Å². The van der Waals surface area contributed by atoms with Gasteiger partial charge in [-0.25, -0.2) is 4.98 Å². The molecule has 0 aliphatic carbocycles. The Balaban J connectivity index is 1.63. The molecule has 36 heavy (non-hydrogen) atoms. The number of carbonyl (C=O) groups is 2. The van der Waals surface area contributed by atoms with Crippen LogP contribution in [0.2, 0.25) is 15.1 Å². The lowest BCUT2D eigenvalue weighted by Crippen LogP contribution is -2.38. The summed E-state index contributed by atoms with van der Waals surface area (Å²) in [5.41, 5.74) is 2.45. The zero-order valence-electron chi connectivity index (χ0n) is 19.0. The van der Waals surface area contributed by atoms with Crippen LogP contribution in [0.25, 0.3) is 16.9 Å². The third kappa shape index (κ3) is 5.97. The van der Waals surface area contributed by atoms with E-state index in [2.05, 4.69) is 16.9 Å². The minimum absolute atomic E-state index is 0.163. The quantitative estimate of drug-likeness (QED) is 0.251. The average molecular weight is 540 g/mol. The molecule has 0 spiro atoms. The third-order valence-electron chi connectivity index (χ3n) is 5.26. The lowest BCUT2D eigenvalue weighted by atomic mass is 10.2. The molecule has 182 valence electrons. The summed E-state index contributed by atoms with van der Waals surface area (Å²) in [6.45, 7) is 3.63. The molecule has 4 rings (SSSR count). The molecular weight excluding hydrogens is 519 g/mol. The molecule has 1 aromatic heterocycles. The predicted octanol–water partition coefficient (Wildman–Crippen LogP) is 6.77. The van der Waals surface area contributed by atoms with Gasteiger partial charge in [-0.3, -0.25) is 19.5 Å². The molecule has 2 amide bonds. The van der Waals surface area contributed by atoms with Gasteiger partial charge in [0.25, 0.3) is 5.91 Å². The Bertz CT molecular complexity index is 1420. The number of anilines is 1. The van der Waals surface area contributed by atoms with Crippen LogP contribution in [0.15, 0.2) is 91.6 Å². The van der Waals surface area contributed by atoms with Crippen molar-refractivity contribution in [1.29, 1.82) is 0 Å². The van der Waals surface area contributed by atoms with Gasteiger partial charge in [0.15, 0.2) is 0 Å². The number of halogens is 3. The van der Waals surface area contributed by atoms with Crippen LogP contribution >= 0.6 is 34.8 Å². The van der Waals surface area contributed by atoms with E-state index in [1.165, 1.54) is 4.90 Å². The minimum atomic E-state index is -0.436. The Hall–Kier alpha value is -3.58. The average Bonchev–Trinajstić information content (AvgIpc) is 3.27. The van der Waals surface area contributed by atoms with Gasteiger partial charge < -0.3 is 4.90 Å². The highest BCUT2D eigenvalue weighted by molar-refractivity contribution is 6.34. The third-order valence-corrected chi connectivity index (χ3v) is 6.08. The maximum absolute atomic E-state index is 13.1. The van der Waals surface area contributed by atoms with E-state index in [0.717, 1.165) is 5.56 Å². The summed E-state index contributed by atoms with van der Waals surface area (Å²) in [4.78, 5) is 32.1. The molecule has 0 unspecified atom stereocenters. The maximum Gasteiger partial charge on any atom is 0.256 e. The second-order valence-electron chi connectivity index (χ2n) is 7.81. The Morgan fingerprint density at radius 2 is 1.72 bits per heavy atom. The highest BCUT2D eigenvalue weighted by Gasteiger charge is 2.21. The molecule has 3 aromatic carbocycles. The first-order valence-corrected chi connectivity index (χ1v) is 12.0. The van der Waals surface area contributed by atoms with Gasteiger partial charge in [0.1, 0.15) is 6.54 Å². The fraction of sp³-hybridized carbons (Fsp3) is 0.0741. The van der Waals surface area contributed by atoms with Gasteiger partial charge in [-0.2, -0.15) is 0 Å². The van der Waals surface area contributed by atoms with Crippen LogP contribution in [0.3, 0.4) is 0 Å². The SMILES string of the molecule is C=CCN(CC(=O)Nc1nc(-c2ccc(Cl)cc2)cn1-c1cccc(Cl)c1)C(=O)c1ccccc1Cl. The molecule has 6 nitrogen and oxygen atoms in total. The van der Waals surface area contributed by atoms with Crippen molar-refractivity contribution in [3.05, 3.63) is 112 Å². The van der Waals surface area contributed by atoms with Gasteiger partial charge in [-0.05, 0) is 42.5 Å². The first kappa shape index (κ1) is 25.5. The second-order valence-corrected chi connectivity index (χ2v) is 9.09. The van der Waals surface area contributed by atoms with Crippen molar-refractivity contribution in [1.82, 2.24) is 14.5 Å². The molecule has 0 aliphatic rings. The van der Waals surface area contributed by atoms with Crippen molar-refractivity contribution in [2.75, 3.05) is 18.4 Å². The smallest absolute Gasteiger partial charge is 0.256 e. The molecule has 4 aromatic rings. The molecule has 0 aliphatic heterocycles. The largest absolute Gasteiger partial charge is 0.326 e. The highest BCUT2D eigenvalue weighted by Crippen LogP contribution is 2.27. The molecule has 0 saturated heterocycles. The zero-order valence-corrected chi connectivity index (χ0v) is 21.3. The fourth-order valence-corrected chi connectivity index (χ4v) is 4.10. The van der Waals surface area contributed by atoms with Gasteiger partial charge in [-0.1, -0.05) is 71.2 Å². The van der Waals surface area contributed by atoms with Gasteiger partial charge in [0.05, 0.1) is 16.3 Å². The normalized spacial score (nSPS) is 10.6. The Kier molecular flexibility index (Phi) is 8.10. The summed E-state index contributed by atoms with van der Waals surface area (Å²) in [7, 11) is 0. The number of nitrogens with zero attached hydrogens (tertiary/aromatic N) is 3. The van der Waals surface area contributed by atoms with Crippen molar-refractivity contribution in [2.24, 2.45) is 0 Å². The predicted molar refractivity (Wildman–Crippen MR) is 145 cm³/mol. The van der Waals surface area contributed by atoms with E-state index in [1.807, 2.05) is 18.2 Å². The van der Waals surface area contributed by atoms with E-state index in [-0.39, 0.29) is 24.9 Å². The van der Waals surface area contributed by atoms with Crippen LogP contribution in [0.4, 0.5) is 5.95 Å². The molecule has 0 bridgehead atoms. The number of benzene rings is 3. The number of aromatic nitrogens is 2.